The first kappa shape index (κ1) is 15.1. The van der Waals surface area contributed by atoms with Gasteiger partial charge in [0.2, 0.25) is 10.0 Å². The van der Waals surface area contributed by atoms with Gasteiger partial charge in [-0.1, -0.05) is 0 Å². The van der Waals surface area contributed by atoms with Crippen molar-refractivity contribution in [2.24, 2.45) is 5.73 Å². The van der Waals surface area contributed by atoms with Crippen molar-refractivity contribution in [1.82, 2.24) is 14.1 Å². The van der Waals surface area contributed by atoms with E-state index in [2.05, 4.69) is 5.10 Å². The van der Waals surface area contributed by atoms with E-state index in [9.17, 15) is 8.42 Å². The fourth-order valence-electron chi connectivity index (χ4n) is 1.46. The Bertz CT molecular complexity index is 457. The summed E-state index contributed by atoms with van der Waals surface area (Å²) in [5, 5.41) is 3.96. The van der Waals surface area contributed by atoms with Crippen LogP contribution in [0, 0.1) is 0 Å². The maximum Gasteiger partial charge on any atom is 0.245 e. The monoisotopic (exact) mass is 276 g/mol. The van der Waals surface area contributed by atoms with Crippen molar-refractivity contribution < 1.29 is 13.2 Å². The van der Waals surface area contributed by atoms with E-state index in [1.807, 2.05) is 0 Å². The van der Waals surface area contributed by atoms with Crippen molar-refractivity contribution in [2.45, 2.75) is 17.9 Å². The molecule has 7 nitrogen and oxygen atoms in total. The van der Waals surface area contributed by atoms with Crippen LogP contribution in [-0.4, -0.2) is 56.4 Å². The lowest BCUT2D eigenvalue weighted by atomic mass is 10.5. The standard InChI is InChI=1S/C10H20N4O3S/c1-13(5-3-7-17-2)18(15,16)10-8-12-14(9-10)6-4-11/h8-9H,3-7,11H2,1-2H3. The fraction of sp³-hybridized carbons (Fsp3) is 0.700. The predicted molar refractivity (Wildman–Crippen MR) is 67.6 cm³/mol. The van der Waals surface area contributed by atoms with Gasteiger partial charge < -0.3 is 10.5 Å². The van der Waals surface area contributed by atoms with Crippen LogP contribution in [-0.2, 0) is 21.3 Å². The summed E-state index contributed by atoms with van der Waals surface area (Å²) in [6.45, 7) is 1.87. The average Bonchev–Trinajstić information content (AvgIpc) is 2.79. The van der Waals surface area contributed by atoms with Gasteiger partial charge in [0, 0.05) is 40.1 Å². The summed E-state index contributed by atoms with van der Waals surface area (Å²) in [5.41, 5.74) is 5.39. The second-order valence-electron chi connectivity index (χ2n) is 3.90. The van der Waals surface area contributed by atoms with Crippen LogP contribution in [0.1, 0.15) is 6.42 Å². The molecule has 1 aromatic heterocycles. The third kappa shape index (κ3) is 3.77. The molecule has 0 spiro atoms. The summed E-state index contributed by atoms with van der Waals surface area (Å²) in [7, 11) is -0.328. The first-order valence-corrected chi connectivity index (χ1v) is 7.14. The van der Waals surface area contributed by atoms with Crippen LogP contribution in [0.4, 0.5) is 0 Å². The molecular formula is C10H20N4O3S. The second-order valence-corrected chi connectivity index (χ2v) is 5.95. The minimum atomic E-state index is -3.46. The van der Waals surface area contributed by atoms with Crippen molar-refractivity contribution in [3.05, 3.63) is 12.4 Å². The summed E-state index contributed by atoms with van der Waals surface area (Å²) in [6.07, 6.45) is 3.50. The lowest BCUT2D eigenvalue weighted by Gasteiger charge is -2.15. The fourth-order valence-corrected chi connectivity index (χ4v) is 2.63. The van der Waals surface area contributed by atoms with Crippen LogP contribution >= 0.6 is 0 Å². The molecule has 0 aliphatic heterocycles. The molecule has 0 amide bonds. The highest BCUT2D eigenvalue weighted by Gasteiger charge is 2.21. The first-order valence-electron chi connectivity index (χ1n) is 5.70. The molecule has 0 radical (unpaired) electrons. The molecule has 0 saturated heterocycles. The molecule has 2 N–H and O–H groups in total. The number of ether oxygens (including phenoxy) is 1. The Morgan fingerprint density at radius 1 is 1.56 bits per heavy atom. The van der Waals surface area contributed by atoms with Gasteiger partial charge in [0.15, 0.2) is 0 Å². The molecular weight excluding hydrogens is 256 g/mol. The van der Waals surface area contributed by atoms with Crippen molar-refractivity contribution in [3.8, 4) is 0 Å². The van der Waals surface area contributed by atoms with E-state index in [0.29, 0.717) is 32.7 Å². The Morgan fingerprint density at radius 2 is 2.28 bits per heavy atom. The van der Waals surface area contributed by atoms with E-state index in [4.69, 9.17) is 10.5 Å². The highest BCUT2D eigenvalue weighted by atomic mass is 32.2. The van der Waals surface area contributed by atoms with E-state index >= 15 is 0 Å². The van der Waals surface area contributed by atoms with Gasteiger partial charge in [-0.25, -0.2) is 12.7 Å². The highest BCUT2D eigenvalue weighted by Crippen LogP contribution is 2.13. The zero-order valence-corrected chi connectivity index (χ0v) is 11.6. The highest BCUT2D eigenvalue weighted by molar-refractivity contribution is 7.89. The zero-order valence-electron chi connectivity index (χ0n) is 10.7. The largest absolute Gasteiger partial charge is 0.385 e. The van der Waals surface area contributed by atoms with Gasteiger partial charge >= 0.3 is 0 Å². The van der Waals surface area contributed by atoms with E-state index in [0.717, 1.165) is 0 Å². The third-order valence-electron chi connectivity index (χ3n) is 2.50. The Balaban J connectivity index is 2.71. The molecule has 1 aromatic rings. The molecule has 104 valence electrons. The van der Waals surface area contributed by atoms with E-state index in [-0.39, 0.29) is 4.90 Å². The Hall–Kier alpha value is -0.960. The van der Waals surface area contributed by atoms with Gasteiger partial charge in [-0.15, -0.1) is 0 Å². The average molecular weight is 276 g/mol. The van der Waals surface area contributed by atoms with Crippen LogP contribution in [0.15, 0.2) is 17.3 Å². The summed E-state index contributed by atoms with van der Waals surface area (Å²) in [6, 6.07) is 0. The number of nitrogens with zero attached hydrogens (tertiary/aromatic N) is 3. The predicted octanol–water partition coefficient (Wildman–Crippen LogP) is -0.501. The Labute approximate surface area is 108 Å². The van der Waals surface area contributed by atoms with Gasteiger partial charge in [0.1, 0.15) is 4.90 Å². The summed E-state index contributed by atoms with van der Waals surface area (Å²) < 4.78 is 32.0. The lowest BCUT2D eigenvalue weighted by molar-refractivity contribution is 0.189. The zero-order chi connectivity index (χ0) is 13.6. The number of methoxy groups -OCH3 is 1. The lowest BCUT2D eigenvalue weighted by Crippen LogP contribution is -2.28. The molecule has 0 bridgehead atoms. The number of hydrogen-bond donors (Lipinski definition) is 1. The normalized spacial score (nSPS) is 12.2. The van der Waals surface area contributed by atoms with Gasteiger partial charge in [-0.2, -0.15) is 5.10 Å². The van der Waals surface area contributed by atoms with Gasteiger partial charge in [-0.3, -0.25) is 4.68 Å². The topological polar surface area (TPSA) is 90.5 Å². The summed E-state index contributed by atoms with van der Waals surface area (Å²) >= 11 is 0. The van der Waals surface area contributed by atoms with Crippen molar-refractivity contribution in [2.75, 3.05) is 33.9 Å². The van der Waals surface area contributed by atoms with Crippen LogP contribution in [0.25, 0.3) is 0 Å². The maximum absolute atomic E-state index is 12.1. The molecule has 0 saturated carbocycles. The molecule has 18 heavy (non-hydrogen) atoms. The van der Waals surface area contributed by atoms with E-state index in [1.54, 1.807) is 14.2 Å². The molecule has 0 atom stereocenters. The minimum Gasteiger partial charge on any atom is -0.385 e. The van der Waals surface area contributed by atoms with Crippen LogP contribution in [0.3, 0.4) is 0 Å². The molecule has 0 aliphatic rings. The van der Waals surface area contributed by atoms with Gasteiger partial charge in [0.25, 0.3) is 0 Å². The van der Waals surface area contributed by atoms with Gasteiger partial charge in [0.05, 0.1) is 12.7 Å². The first-order chi connectivity index (χ1) is 8.52. The maximum atomic E-state index is 12.1. The number of sulfonamides is 1. The summed E-state index contributed by atoms with van der Waals surface area (Å²) in [5.74, 6) is 0. The number of hydrogen-bond acceptors (Lipinski definition) is 5. The van der Waals surface area contributed by atoms with Crippen LogP contribution in [0.2, 0.25) is 0 Å². The summed E-state index contributed by atoms with van der Waals surface area (Å²) in [4.78, 5) is 0.191. The Kier molecular flexibility index (Phi) is 5.73. The number of aromatic nitrogens is 2. The van der Waals surface area contributed by atoms with Crippen LogP contribution in [0.5, 0.6) is 0 Å². The van der Waals surface area contributed by atoms with Crippen molar-refractivity contribution in [1.29, 1.82) is 0 Å². The molecule has 8 heteroatoms. The second kappa shape index (κ2) is 6.83. The molecule has 0 aliphatic carbocycles. The molecule has 1 heterocycles. The third-order valence-corrected chi connectivity index (χ3v) is 4.31. The number of nitrogens with two attached hydrogens (primary N) is 1. The van der Waals surface area contributed by atoms with E-state index in [1.165, 1.54) is 21.4 Å². The number of rotatable bonds is 8. The Morgan fingerprint density at radius 3 is 2.89 bits per heavy atom. The molecule has 0 aromatic carbocycles. The van der Waals surface area contributed by atoms with Crippen LogP contribution < -0.4 is 5.73 Å². The quantitative estimate of drug-likeness (QED) is 0.646. The van der Waals surface area contributed by atoms with Crippen molar-refractivity contribution >= 4 is 10.0 Å². The molecule has 0 unspecified atom stereocenters. The van der Waals surface area contributed by atoms with E-state index < -0.39 is 10.0 Å². The molecule has 0 fully saturated rings. The smallest absolute Gasteiger partial charge is 0.245 e. The van der Waals surface area contributed by atoms with Crippen molar-refractivity contribution in [3.63, 3.8) is 0 Å². The minimum absolute atomic E-state index is 0.191. The molecule has 1 rings (SSSR count). The SMILES string of the molecule is COCCCN(C)S(=O)(=O)c1cnn(CCN)c1. The van der Waals surface area contributed by atoms with Gasteiger partial charge in [-0.05, 0) is 6.42 Å².